The molecule has 0 radical (unpaired) electrons. The quantitative estimate of drug-likeness (QED) is 0.674. The highest BCUT2D eigenvalue weighted by Gasteiger charge is 2.66. The van der Waals surface area contributed by atoms with Crippen molar-refractivity contribution in [3.05, 3.63) is 36.5 Å². The van der Waals surface area contributed by atoms with Crippen molar-refractivity contribution in [2.45, 2.75) is 16.8 Å². The predicted molar refractivity (Wildman–Crippen MR) is 60.1 cm³/mol. The Kier molecular flexibility index (Phi) is 1.83. The van der Waals surface area contributed by atoms with Crippen LogP contribution in [0.4, 0.5) is 0 Å². The van der Waals surface area contributed by atoms with Crippen LogP contribution in [0.25, 0.3) is 0 Å². The molecule has 0 aromatic carbocycles. The van der Waals surface area contributed by atoms with Gasteiger partial charge >= 0.3 is 0 Å². The molecule has 0 fully saturated rings. The summed E-state index contributed by atoms with van der Waals surface area (Å²) in [4.78, 5) is 0. The number of ether oxygens (including phenoxy) is 3. The van der Waals surface area contributed by atoms with E-state index in [0.717, 1.165) is 0 Å². The number of hydrogen-bond acceptors (Lipinski definition) is 3. The summed E-state index contributed by atoms with van der Waals surface area (Å²) in [6.07, 6.45) is 12.4. The first kappa shape index (κ1) is 10.3. The van der Waals surface area contributed by atoms with Gasteiger partial charge in [-0.2, -0.15) is 0 Å². The fourth-order valence-corrected chi connectivity index (χ4v) is 3.35. The van der Waals surface area contributed by atoms with E-state index >= 15 is 0 Å². The Bertz CT molecular complexity index is 326. The van der Waals surface area contributed by atoms with Crippen molar-refractivity contribution in [3.8, 4) is 0 Å². The fourth-order valence-electron chi connectivity index (χ4n) is 3.35. The van der Waals surface area contributed by atoms with E-state index in [9.17, 15) is 0 Å². The lowest BCUT2D eigenvalue weighted by Gasteiger charge is -2.39. The Balaban J connectivity index is 2.16. The zero-order valence-electron chi connectivity index (χ0n) is 9.77. The summed E-state index contributed by atoms with van der Waals surface area (Å²) in [5, 5.41) is 0. The smallest absolute Gasteiger partial charge is 0.114 e. The van der Waals surface area contributed by atoms with Crippen LogP contribution in [0.1, 0.15) is 0 Å². The molecule has 0 N–H and O–H groups in total. The Labute approximate surface area is 95.4 Å². The zero-order valence-corrected chi connectivity index (χ0v) is 9.77. The molecular weight excluding hydrogens is 204 g/mol. The van der Waals surface area contributed by atoms with Gasteiger partial charge in [0.2, 0.25) is 0 Å². The maximum absolute atomic E-state index is 5.68. The van der Waals surface area contributed by atoms with Gasteiger partial charge in [-0.15, -0.1) is 0 Å². The largest absolute Gasteiger partial charge is 0.369 e. The van der Waals surface area contributed by atoms with Crippen LogP contribution in [-0.2, 0) is 14.2 Å². The molecule has 0 saturated heterocycles. The summed E-state index contributed by atoms with van der Waals surface area (Å²) < 4.78 is 17.1. The summed E-state index contributed by atoms with van der Waals surface area (Å²) in [6, 6.07) is 0. The van der Waals surface area contributed by atoms with Crippen molar-refractivity contribution < 1.29 is 14.2 Å². The van der Waals surface area contributed by atoms with Crippen LogP contribution in [-0.4, -0.2) is 38.1 Å². The van der Waals surface area contributed by atoms with E-state index in [1.807, 2.05) is 0 Å². The van der Waals surface area contributed by atoms with Crippen LogP contribution in [0, 0.1) is 5.92 Å². The minimum atomic E-state index is -0.393. The summed E-state index contributed by atoms with van der Waals surface area (Å²) >= 11 is 0. The van der Waals surface area contributed by atoms with Gasteiger partial charge in [0.25, 0.3) is 0 Å². The van der Waals surface area contributed by atoms with Gasteiger partial charge in [-0.25, -0.2) is 0 Å². The topological polar surface area (TPSA) is 27.7 Å². The molecule has 3 aliphatic carbocycles. The maximum atomic E-state index is 5.68. The van der Waals surface area contributed by atoms with Gasteiger partial charge in [0.15, 0.2) is 0 Å². The monoisotopic (exact) mass is 220 g/mol. The maximum Gasteiger partial charge on any atom is 0.114 e. The number of rotatable bonds is 3. The molecule has 0 amide bonds. The first-order valence-corrected chi connectivity index (χ1v) is 5.44. The summed E-state index contributed by atoms with van der Waals surface area (Å²) in [7, 11) is 5.18. The minimum absolute atomic E-state index is 0.104. The minimum Gasteiger partial charge on any atom is -0.369 e. The van der Waals surface area contributed by atoms with Gasteiger partial charge in [-0.3, -0.25) is 0 Å². The van der Waals surface area contributed by atoms with E-state index in [4.69, 9.17) is 14.2 Å². The lowest BCUT2D eigenvalue weighted by atomic mass is 9.80. The lowest BCUT2D eigenvalue weighted by Crippen LogP contribution is -2.50. The molecule has 86 valence electrons. The van der Waals surface area contributed by atoms with Crippen LogP contribution in [0.3, 0.4) is 0 Å². The highest BCUT2D eigenvalue weighted by atomic mass is 16.5. The molecular formula is C13H16O3. The Morgan fingerprint density at radius 2 is 0.875 bits per heavy atom. The van der Waals surface area contributed by atoms with Crippen molar-refractivity contribution in [1.29, 1.82) is 0 Å². The second-order valence-electron chi connectivity index (χ2n) is 4.61. The lowest BCUT2D eigenvalue weighted by molar-refractivity contribution is -0.103. The van der Waals surface area contributed by atoms with Crippen molar-refractivity contribution >= 4 is 0 Å². The average molecular weight is 220 g/mol. The molecule has 0 aliphatic heterocycles. The molecule has 3 heteroatoms. The number of hydrogen-bond donors (Lipinski definition) is 0. The second kappa shape index (κ2) is 2.86. The average Bonchev–Trinajstić information content (AvgIpc) is 2.94. The van der Waals surface area contributed by atoms with Crippen LogP contribution < -0.4 is 0 Å². The molecule has 0 aromatic heterocycles. The molecule has 0 bridgehead atoms. The normalized spacial score (nSPS) is 51.6. The highest BCUT2D eigenvalue weighted by Crippen LogP contribution is 2.58. The van der Waals surface area contributed by atoms with Gasteiger partial charge in [0, 0.05) is 21.3 Å². The third kappa shape index (κ3) is 0.865. The first-order chi connectivity index (χ1) is 7.67. The van der Waals surface area contributed by atoms with Crippen LogP contribution in [0.15, 0.2) is 36.5 Å². The molecule has 0 aromatic rings. The summed E-state index contributed by atoms with van der Waals surface area (Å²) in [5.41, 5.74) is -1.18. The Hall–Kier alpha value is -0.900. The molecule has 16 heavy (non-hydrogen) atoms. The van der Waals surface area contributed by atoms with Gasteiger partial charge in [0.05, 0.1) is 5.92 Å². The van der Waals surface area contributed by atoms with Crippen molar-refractivity contribution in [1.82, 2.24) is 0 Å². The van der Waals surface area contributed by atoms with Gasteiger partial charge in [-0.05, 0) is 36.5 Å². The molecule has 0 unspecified atom stereocenters. The third-order valence-electron chi connectivity index (χ3n) is 4.23. The Morgan fingerprint density at radius 1 is 0.625 bits per heavy atom. The summed E-state index contributed by atoms with van der Waals surface area (Å²) in [6.45, 7) is 0. The molecule has 3 aliphatic rings. The molecule has 3 rings (SSSR count). The van der Waals surface area contributed by atoms with E-state index in [0.29, 0.717) is 0 Å². The molecule has 0 atom stereocenters. The zero-order chi connectivity index (χ0) is 11.4. The number of methoxy groups -OCH3 is 3. The first-order valence-electron chi connectivity index (χ1n) is 5.44. The molecule has 3 nitrogen and oxygen atoms in total. The van der Waals surface area contributed by atoms with Crippen LogP contribution in [0.2, 0.25) is 0 Å². The predicted octanol–water partition coefficient (Wildman–Crippen LogP) is 1.47. The van der Waals surface area contributed by atoms with Crippen LogP contribution in [0.5, 0.6) is 0 Å². The van der Waals surface area contributed by atoms with Crippen molar-refractivity contribution in [3.63, 3.8) is 0 Å². The van der Waals surface area contributed by atoms with Gasteiger partial charge < -0.3 is 14.2 Å². The third-order valence-corrected chi connectivity index (χ3v) is 4.23. The van der Waals surface area contributed by atoms with Crippen molar-refractivity contribution in [2.75, 3.05) is 21.3 Å². The SMILES string of the molecule is COC12C=CC3(OC)C=CC(OC)(C=C1)C23. The van der Waals surface area contributed by atoms with Crippen LogP contribution >= 0.6 is 0 Å². The summed E-state index contributed by atoms with van der Waals surface area (Å²) in [5.74, 6) is 0.104. The van der Waals surface area contributed by atoms with Gasteiger partial charge in [0.1, 0.15) is 16.8 Å². The van der Waals surface area contributed by atoms with E-state index < -0.39 is 16.8 Å². The fraction of sp³-hybridized carbons (Fsp3) is 0.538. The molecule has 0 spiro atoms. The van der Waals surface area contributed by atoms with E-state index in [1.54, 1.807) is 21.3 Å². The van der Waals surface area contributed by atoms with E-state index in [2.05, 4.69) is 36.5 Å². The Morgan fingerprint density at radius 3 is 1.06 bits per heavy atom. The molecule has 0 saturated carbocycles. The highest BCUT2D eigenvalue weighted by molar-refractivity contribution is 5.52. The second-order valence-corrected chi connectivity index (χ2v) is 4.61. The van der Waals surface area contributed by atoms with Crippen molar-refractivity contribution in [2.24, 2.45) is 5.92 Å². The van der Waals surface area contributed by atoms with E-state index in [-0.39, 0.29) is 5.92 Å². The molecule has 0 heterocycles. The van der Waals surface area contributed by atoms with E-state index in [1.165, 1.54) is 0 Å². The van der Waals surface area contributed by atoms with Gasteiger partial charge in [-0.1, -0.05) is 0 Å². The standard InChI is InChI=1S/C13H16O3/c1-14-11-4-6-12(15-2)8-9-13(16-3,7-5-11)10(11)12/h4-10H,1-3H3.